The van der Waals surface area contributed by atoms with Crippen molar-refractivity contribution in [1.29, 1.82) is 0 Å². The minimum absolute atomic E-state index is 0.257. The molecule has 23 heavy (non-hydrogen) atoms. The van der Waals surface area contributed by atoms with Crippen LogP contribution in [0, 0.1) is 5.82 Å². The van der Waals surface area contributed by atoms with Gasteiger partial charge >= 0.3 is 6.09 Å². The highest BCUT2D eigenvalue weighted by molar-refractivity contribution is 5.85. The maximum absolute atomic E-state index is 14.4. The fourth-order valence-electron chi connectivity index (χ4n) is 3.24. The number of carbonyl (C=O) groups excluding carboxylic acids is 1. The average molecular weight is 322 g/mol. The minimum atomic E-state index is -0.575. The third kappa shape index (κ3) is 4.44. The fraction of sp³-hybridized carbons (Fsp3) is 0.611. The molecule has 1 saturated carbocycles. The van der Waals surface area contributed by atoms with Crippen LogP contribution in [-0.2, 0) is 10.2 Å². The number of benzene rings is 1. The lowest BCUT2D eigenvalue weighted by Gasteiger charge is -2.37. The van der Waals surface area contributed by atoms with E-state index in [-0.39, 0.29) is 11.2 Å². The summed E-state index contributed by atoms with van der Waals surface area (Å²) in [6.07, 6.45) is 4.51. The van der Waals surface area contributed by atoms with E-state index in [0.717, 1.165) is 25.7 Å². The van der Waals surface area contributed by atoms with Gasteiger partial charge in [-0.25, -0.2) is 9.18 Å². The highest BCUT2D eigenvalue weighted by Gasteiger charge is 2.35. The Bertz CT molecular complexity index is 561. The van der Waals surface area contributed by atoms with Crippen molar-refractivity contribution < 1.29 is 13.9 Å². The number of anilines is 1. The van der Waals surface area contributed by atoms with Gasteiger partial charge in [0.25, 0.3) is 0 Å². The molecular weight excluding hydrogens is 295 g/mol. The first-order valence-corrected chi connectivity index (χ1v) is 8.26. The molecule has 0 atom stereocenters. The molecule has 0 heterocycles. The summed E-state index contributed by atoms with van der Waals surface area (Å²) < 4.78 is 19.6. The van der Waals surface area contributed by atoms with Crippen LogP contribution in [-0.4, -0.2) is 18.2 Å². The van der Waals surface area contributed by atoms with Crippen LogP contribution >= 0.6 is 0 Å². The van der Waals surface area contributed by atoms with Gasteiger partial charge in [0.15, 0.2) is 0 Å². The summed E-state index contributed by atoms with van der Waals surface area (Å²) in [5, 5.41) is 2.68. The molecule has 0 bridgehead atoms. The molecule has 2 rings (SSSR count). The van der Waals surface area contributed by atoms with E-state index in [2.05, 4.69) is 5.32 Å². The Hall–Kier alpha value is -1.62. The molecule has 1 aliphatic rings. The molecule has 3 N–H and O–H groups in total. The van der Waals surface area contributed by atoms with Gasteiger partial charge in [-0.15, -0.1) is 0 Å². The van der Waals surface area contributed by atoms with Crippen molar-refractivity contribution in [2.75, 3.05) is 11.9 Å². The van der Waals surface area contributed by atoms with Gasteiger partial charge in [-0.05, 0) is 57.4 Å². The normalized spacial score (nSPS) is 17.6. The molecule has 1 amide bonds. The predicted molar refractivity (Wildman–Crippen MR) is 90.1 cm³/mol. The molecule has 4 nitrogen and oxygen atoms in total. The van der Waals surface area contributed by atoms with Crippen molar-refractivity contribution in [2.45, 2.75) is 63.9 Å². The van der Waals surface area contributed by atoms with Crippen LogP contribution in [0.2, 0.25) is 0 Å². The number of nitrogens with two attached hydrogens (primary N) is 1. The van der Waals surface area contributed by atoms with E-state index in [4.69, 9.17) is 10.5 Å². The smallest absolute Gasteiger partial charge is 0.412 e. The lowest BCUT2D eigenvalue weighted by molar-refractivity contribution is 0.0636. The van der Waals surface area contributed by atoms with Gasteiger partial charge in [0, 0.05) is 17.6 Å². The van der Waals surface area contributed by atoms with E-state index in [1.54, 1.807) is 32.9 Å². The third-order valence-electron chi connectivity index (χ3n) is 4.38. The fourth-order valence-corrected chi connectivity index (χ4v) is 3.24. The zero-order valence-corrected chi connectivity index (χ0v) is 14.2. The number of ether oxygens (including phenoxy) is 1. The van der Waals surface area contributed by atoms with Gasteiger partial charge in [-0.3, -0.25) is 5.32 Å². The monoisotopic (exact) mass is 322 g/mol. The van der Waals surface area contributed by atoms with Crippen molar-refractivity contribution in [3.05, 3.63) is 29.6 Å². The summed E-state index contributed by atoms with van der Waals surface area (Å²) in [5.41, 5.74) is 6.24. The molecule has 1 fully saturated rings. The van der Waals surface area contributed by atoms with Crippen molar-refractivity contribution in [3.63, 3.8) is 0 Å². The second-order valence-electron chi connectivity index (χ2n) is 7.37. The van der Waals surface area contributed by atoms with Crippen molar-refractivity contribution in [2.24, 2.45) is 5.73 Å². The van der Waals surface area contributed by atoms with E-state index in [1.165, 1.54) is 12.5 Å². The predicted octanol–water partition coefficient (Wildman–Crippen LogP) is 4.33. The number of halogens is 1. The molecule has 0 aliphatic heterocycles. The largest absolute Gasteiger partial charge is 0.444 e. The summed E-state index contributed by atoms with van der Waals surface area (Å²) >= 11 is 0. The molecule has 1 aliphatic carbocycles. The molecule has 128 valence electrons. The second kappa shape index (κ2) is 6.87. The Morgan fingerprint density at radius 1 is 1.30 bits per heavy atom. The van der Waals surface area contributed by atoms with Gasteiger partial charge in [-0.1, -0.05) is 19.3 Å². The Morgan fingerprint density at radius 3 is 2.52 bits per heavy atom. The van der Waals surface area contributed by atoms with E-state index >= 15 is 0 Å². The molecule has 0 radical (unpaired) electrons. The van der Waals surface area contributed by atoms with Crippen LogP contribution in [0.15, 0.2) is 18.2 Å². The molecular formula is C18H27FN2O2. The van der Waals surface area contributed by atoms with Crippen LogP contribution in [0.5, 0.6) is 0 Å². The molecule has 0 saturated heterocycles. The summed E-state index contributed by atoms with van der Waals surface area (Å²) in [6.45, 7) is 5.82. The number of hydrogen-bond acceptors (Lipinski definition) is 3. The first-order chi connectivity index (χ1) is 10.8. The maximum atomic E-state index is 14.4. The Morgan fingerprint density at radius 2 is 1.96 bits per heavy atom. The van der Waals surface area contributed by atoms with Crippen molar-refractivity contribution in [1.82, 2.24) is 0 Å². The number of hydrogen-bond donors (Lipinski definition) is 2. The Labute approximate surface area is 137 Å². The van der Waals surface area contributed by atoms with Crippen LogP contribution < -0.4 is 11.1 Å². The van der Waals surface area contributed by atoms with Crippen LogP contribution in [0.3, 0.4) is 0 Å². The first-order valence-electron chi connectivity index (χ1n) is 8.26. The highest BCUT2D eigenvalue weighted by Crippen LogP contribution is 2.40. The van der Waals surface area contributed by atoms with Crippen LogP contribution in [0.25, 0.3) is 0 Å². The zero-order valence-electron chi connectivity index (χ0n) is 14.2. The molecule has 0 spiro atoms. The minimum Gasteiger partial charge on any atom is -0.444 e. The van der Waals surface area contributed by atoms with Gasteiger partial charge in [-0.2, -0.15) is 0 Å². The summed E-state index contributed by atoms with van der Waals surface area (Å²) in [4.78, 5) is 11.9. The van der Waals surface area contributed by atoms with Gasteiger partial charge in [0.05, 0.1) is 0 Å². The van der Waals surface area contributed by atoms with E-state index in [0.29, 0.717) is 17.8 Å². The van der Waals surface area contributed by atoms with Crippen LogP contribution in [0.1, 0.15) is 58.4 Å². The molecule has 5 heteroatoms. The van der Waals surface area contributed by atoms with Gasteiger partial charge in [0.1, 0.15) is 11.4 Å². The summed E-state index contributed by atoms with van der Waals surface area (Å²) in [7, 11) is 0. The first kappa shape index (κ1) is 17.7. The Balaban J connectivity index is 2.23. The topological polar surface area (TPSA) is 64.3 Å². The van der Waals surface area contributed by atoms with Gasteiger partial charge < -0.3 is 10.5 Å². The van der Waals surface area contributed by atoms with Gasteiger partial charge in [0.2, 0.25) is 0 Å². The number of amides is 1. The SMILES string of the molecule is CC(C)(C)OC(=O)Nc1ccc(F)c(C2(CN)CCCCC2)c1. The maximum Gasteiger partial charge on any atom is 0.412 e. The highest BCUT2D eigenvalue weighted by atomic mass is 19.1. The second-order valence-corrected chi connectivity index (χ2v) is 7.37. The van der Waals surface area contributed by atoms with E-state index in [9.17, 15) is 9.18 Å². The standard InChI is InChI=1S/C18H27FN2O2/c1-17(2,3)23-16(22)21-13-7-8-15(19)14(11-13)18(12-20)9-5-4-6-10-18/h7-8,11H,4-6,9-10,12,20H2,1-3H3,(H,21,22). The van der Waals surface area contributed by atoms with Crippen LogP contribution in [0.4, 0.5) is 14.9 Å². The third-order valence-corrected chi connectivity index (χ3v) is 4.38. The van der Waals surface area contributed by atoms with Crippen molar-refractivity contribution >= 4 is 11.8 Å². The molecule has 0 aromatic heterocycles. The number of nitrogens with one attached hydrogen (secondary N) is 1. The molecule has 1 aromatic rings. The quantitative estimate of drug-likeness (QED) is 0.870. The summed E-state index contributed by atoms with van der Waals surface area (Å²) in [5.74, 6) is -0.257. The Kier molecular flexibility index (Phi) is 5.30. The molecule has 1 aromatic carbocycles. The van der Waals surface area contributed by atoms with Crippen molar-refractivity contribution in [3.8, 4) is 0 Å². The number of carbonyl (C=O) groups is 1. The lowest BCUT2D eigenvalue weighted by Crippen LogP contribution is -2.38. The average Bonchev–Trinajstić information content (AvgIpc) is 2.48. The van der Waals surface area contributed by atoms with E-state index in [1.807, 2.05) is 0 Å². The lowest BCUT2D eigenvalue weighted by atomic mass is 9.69. The zero-order chi connectivity index (χ0) is 17.1. The molecule has 0 unspecified atom stereocenters. The summed E-state index contributed by atoms with van der Waals surface area (Å²) in [6, 6.07) is 4.65. The number of rotatable bonds is 3. The van der Waals surface area contributed by atoms with E-state index < -0.39 is 11.7 Å².